The van der Waals surface area contributed by atoms with Crippen molar-refractivity contribution in [2.24, 2.45) is 0 Å². The van der Waals surface area contributed by atoms with Crippen LogP contribution in [0.2, 0.25) is 5.15 Å². The minimum Gasteiger partial charge on any atom is -0.370 e. The summed E-state index contributed by atoms with van der Waals surface area (Å²) in [5, 5.41) is 6.27. The molecule has 0 aliphatic heterocycles. The van der Waals surface area contributed by atoms with Crippen molar-refractivity contribution in [3.8, 4) is 0 Å². The van der Waals surface area contributed by atoms with Crippen LogP contribution < -0.4 is 10.6 Å². The van der Waals surface area contributed by atoms with Crippen molar-refractivity contribution in [1.82, 2.24) is 15.2 Å². The topological polar surface area (TPSA) is 57.3 Å². The zero-order chi connectivity index (χ0) is 15.0. The second kappa shape index (κ2) is 8.76. The highest BCUT2D eigenvalue weighted by molar-refractivity contribution is 6.29. The summed E-state index contributed by atoms with van der Waals surface area (Å²) < 4.78 is 0. The highest BCUT2D eigenvalue weighted by Crippen LogP contribution is 2.14. The molecule has 1 heterocycles. The lowest BCUT2D eigenvalue weighted by Crippen LogP contribution is -2.25. The molecule has 0 aliphatic carbocycles. The number of nitrogens with zero attached hydrogens (tertiary/aromatic N) is 2. The van der Waals surface area contributed by atoms with Gasteiger partial charge in [-0.1, -0.05) is 11.6 Å². The quantitative estimate of drug-likeness (QED) is 0.571. The van der Waals surface area contributed by atoms with Crippen LogP contribution in [0.1, 0.15) is 30.1 Å². The molecule has 0 saturated carbocycles. The molecule has 2 N–H and O–H groups in total. The maximum atomic E-state index is 12.0. The maximum Gasteiger partial charge on any atom is 0.251 e. The Labute approximate surface area is 125 Å². The molecule has 6 heteroatoms. The Hall–Kier alpha value is -1.33. The number of nitrogens with one attached hydrogen (secondary N) is 2. The van der Waals surface area contributed by atoms with Gasteiger partial charge in [0.2, 0.25) is 0 Å². The molecule has 1 aromatic heterocycles. The molecule has 0 bridgehead atoms. The van der Waals surface area contributed by atoms with Crippen LogP contribution >= 0.6 is 11.6 Å². The molecule has 0 fully saturated rings. The standard InChI is InChI=1S/C14H23ClN4O/c1-4-16-13-10-11(9-12(15)18-13)14(20)17-7-5-6-8-19(2)3/h9-10H,4-8H2,1-3H3,(H,16,18)(H,17,20). The minimum atomic E-state index is -0.113. The Balaban J connectivity index is 2.46. The van der Waals surface area contributed by atoms with E-state index in [-0.39, 0.29) is 5.91 Å². The number of aromatic nitrogens is 1. The number of anilines is 1. The summed E-state index contributed by atoms with van der Waals surface area (Å²) in [6.45, 7) is 4.40. The molecular weight excluding hydrogens is 276 g/mol. The van der Waals surface area contributed by atoms with Crippen molar-refractivity contribution in [1.29, 1.82) is 0 Å². The van der Waals surface area contributed by atoms with Crippen molar-refractivity contribution in [3.05, 3.63) is 22.8 Å². The molecule has 5 nitrogen and oxygen atoms in total. The van der Waals surface area contributed by atoms with Gasteiger partial charge in [-0.15, -0.1) is 0 Å². The maximum absolute atomic E-state index is 12.0. The lowest BCUT2D eigenvalue weighted by atomic mass is 10.2. The summed E-state index contributed by atoms with van der Waals surface area (Å²) in [7, 11) is 4.08. The van der Waals surface area contributed by atoms with Crippen molar-refractivity contribution >= 4 is 23.3 Å². The number of halogens is 1. The van der Waals surface area contributed by atoms with Gasteiger partial charge in [-0.05, 0) is 52.5 Å². The second-order valence-electron chi connectivity index (χ2n) is 4.86. The predicted molar refractivity (Wildman–Crippen MR) is 83.5 cm³/mol. The number of unbranched alkanes of at least 4 members (excludes halogenated alkanes) is 1. The van der Waals surface area contributed by atoms with Gasteiger partial charge in [0.05, 0.1) is 0 Å². The first-order valence-corrected chi connectivity index (χ1v) is 7.25. The van der Waals surface area contributed by atoms with E-state index in [1.165, 1.54) is 0 Å². The summed E-state index contributed by atoms with van der Waals surface area (Å²) in [5.74, 6) is 0.510. The van der Waals surface area contributed by atoms with Crippen molar-refractivity contribution in [2.75, 3.05) is 39.0 Å². The van der Waals surface area contributed by atoms with Crippen LogP contribution in [-0.4, -0.2) is 49.5 Å². The van der Waals surface area contributed by atoms with E-state index in [9.17, 15) is 4.79 Å². The van der Waals surface area contributed by atoms with Gasteiger partial charge in [0, 0.05) is 18.7 Å². The second-order valence-corrected chi connectivity index (χ2v) is 5.25. The number of carbonyl (C=O) groups is 1. The molecule has 0 aromatic carbocycles. The van der Waals surface area contributed by atoms with E-state index >= 15 is 0 Å². The first-order valence-electron chi connectivity index (χ1n) is 6.87. The molecule has 0 unspecified atom stereocenters. The van der Waals surface area contributed by atoms with Gasteiger partial charge in [-0.2, -0.15) is 0 Å². The number of pyridine rings is 1. The zero-order valence-electron chi connectivity index (χ0n) is 12.4. The number of hydrogen-bond donors (Lipinski definition) is 2. The SMILES string of the molecule is CCNc1cc(C(=O)NCCCCN(C)C)cc(Cl)n1. The molecule has 0 saturated heterocycles. The molecule has 0 radical (unpaired) electrons. The Morgan fingerprint density at radius 1 is 1.35 bits per heavy atom. The van der Waals surface area contributed by atoms with E-state index in [0.717, 1.165) is 25.9 Å². The summed E-state index contributed by atoms with van der Waals surface area (Å²) in [6.07, 6.45) is 2.02. The highest BCUT2D eigenvalue weighted by atomic mass is 35.5. The van der Waals surface area contributed by atoms with E-state index in [0.29, 0.717) is 23.1 Å². The van der Waals surface area contributed by atoms with Crippen LogP contribution in [0.3, 0.4) is 0 Å². The highest BCUT2D eigenvalue weighted by Gasteiger charge is 2.08. The van der Waals surface area contributed by atoms with E-state index in [1.54, 1.807) is 12.1 Å². The van der Waals surface area contributed by atoms with Gasteiger partial charge in [0.25, 0.3) is 5.91 Å². The van der Waals surface area contributed by atoms with Crippen LogP contribution in [-0.2, 0) is 0 Å². The van der Waals surface area contributed by atoms with E-state index in [1.807, 2.05) is 21.0 Å². The van der Waals surface area contributed by atoms with Crippen LogP contribution in [0, 0.1) is 0 Å². The van der Waals surface area contributed by atoms with E-state index in [4.69, 9.17) is 11.6 Å². The van der Waals surface area contributed by atoms with Crippen LogP contribution in [0.4, 0.5) is 5.82 Å². The van der Waals surface area contributed by atoms with Gasteiger partial charge >= 0.3 is 0 Å². The monoisotopic (exact) mass is 298 g/mol. The first-order chi connectivity index (χ1) is 9.52. The van der Waals surface area contributed by atoms with Gasteiger partial charge in [0.15, 0.2) is 0 Å². The number of carbonyl (C=O) groups excluding carboxylic acids is 1. The summed E-state index contributed by atoms with van der Waals surface area (Å²) in [4.78, 5) is 18.3. The molecule has 20 heavy (non-hydrogen) atoms. The molecule has 1 aromatic rings. The Morgan fingerprint density at radius 2 is 2.10 bits per heavy atom. The minimum absolute atomic E-state index is 0.113. The molecule has 0 aliphatic rings. The smallest absolute Gasteiger partial charge is 0.251 e. The number of rotatable bonds is 8. The lowest BCUT2D eigenvalue weighted by Gasteiger charge is -2.10. The van der Waals surface area contributed by atoms with Crippen LogP contribution in [0.15, 0.2) is 12.1 Å². The fraction of sp³-hybridized carbons (Fsp3) is 0.571. The van der Waals surface area contributed by atoms with E-state index in [2.05, 4.69) is 20.5 Å². The van der Waals surface area contributed by atoms with Crippen LogP contribution in [0.5, 0.6) is 0 Å². The lowest BCUT2D eigenvalue weighted by molar-refractivity contribution is 0.0952. The molecule has 1 rings (SSSR count). The zero-order valence-corrected chi connectivity index (χ0v) is 13.1. The van der Waals surface area contributed by atoms with Gasteiger partial charge < -0.3 is 15.5 Å². The number of hydrogen-bond acceptors (Lipinski definition) is 4. The Kier molecular flexibility index (Phi) is 7.33. The van der Waals surface area contributed by atoms with Gasteiger partial charge in [-0.3, -0.25) is 4.79 Å². The average Bonchev–Trinajstić information content (AvgIpc) is 2.37. The van der Waals surface area contributed by atoms with Crippen LogP contribution in [0.25, 0.3) is 0 Å². The third-order valence-corrected chi connectivity index (χ3v) is 2.93. The fourth-order valence-corrected chi connectivity index (χ4v) is 1.97. The molecule has 0 atom stereocenters. The van der Waals surface area contributed by atoms with Crippen molar-refractivity contribution in [3.63, 3.8) is 0 Å². The summed E-state index contributed by atoms with van der Waals surface area (Å²) >= 11 is 5.91. The van der Waals surface area contributed by atoms with Gasteiger partial charge in [0.1, 0.15) is 11.0 Å². The third kappa shape index (κ3) is 6.21. The van der Waals surface area contributed by atoms with Crippen molar-refractivity contribution < 1.29 is 4.79 Å². The normalized spacial score (nSPS) is 10.7. The largest absolute Gasteiger partial charge is 0.370 e. The predicted octanol–water partition coefficient (Wildman–Crippen LogP) is 2.24. The third-order valence-electron chi connectivity index (χ3n) is 2.73. The van der Waals surface area contributed by atoms with E-state index < -0.39 is 0 Å². The Morgan fingerprint density at radius 3 is 2.75 bits per heavy atom. The van der Waals surface area contributed by atoms with Gasteiger partial charge in [-0.25, -0.2) is 4.98 Å². The Bertz CT molecular complexity index is 437. The first kappa shape index (κ1) is 16.7. The average molecular weight is 299 g/mol. The number of amides is 1. The molecule has 1 amide bonds. The molecular formula is C14H23ClN4O. The summed E-state index contributed by atoms with van der Waals surface area (Å²) in [5.41, 5.74) is 0.536. The fourth-order valence-electron chi connectivity index (χ4n) is 1.76. The molecule has 112 valence electrons. The summed E-state index contributed by atoms with van der Waals surface area (Å²) in [6, 6.07) is 3.29. The van der Waals surface area contributed by atoms with Crippen molar-refractivity contribution in [2.45, 2.75) is 19.8 Å². The molecule has 0 spiro atoms.